The van der Waals surface area contributed by atoms with Crippen LogP contribution in [0.4, 0.5) is 0 Å². The van der Waals surface area contributed by atoms with Gasteiger partial charge in [0.15, 0.2) is 0 Å². The van der Waals surface area contributed by atoms with Crippen molar-refractivity contribution in [3.63, 3.8) is 0 Å². The summed E-state index contributed by atoms with van der Waals surface area (Å²) in [5.74, 6) is 0.0392. The number of aryl methyl sites for hydroxylation is 2. The van der Waals surface area contributed by atoms with Crippen molar-refractivity contribution >= 4 is 5.91 Å². The molecule has 1 aromatic carbocycles. The van der Waals surface area contributed by atoms with Gasteiger partial charge in [0, 0.05) is 17.6 Å². The molecule has 1 aromatic rings. The minimum Gasteiger partial charge on any atom is -0.348 e. The fourth-order valence-corrected chi connectivity index (χ4v) is 2.76. The first-order valence-corrected chi connectivity index (χ1v) is 7.19. The molecular formula is C16H24N2O. The Balaban J connectivity index is 1.99. The molecule has 0 aromatic heterocycles. The van der Waals surface area contributed by atoms with E-state index in [1.807, 2.05) is 26.0 Å². The van der Waals surface area contributed by atoms with E-state index in [-0.39, 0.29) is 11.9 Å². The summed E-state index contributed by atoms with van der Waals surface area (Å²) in [7, 11) is 0. The fraction of sp³-hybridized carbons (Fsp3) is 0.562. The highest BCUT2D eigenvalue weighted by molar-refractivity contribution is 5.95. The van der Waals surface area contributed by atoms with Gasteiger partial charge in [0.25, 0.3) is 5.91 Å². The number of rotatable bonds is 3. The Bertz CT molecular complexity index is 450. The Kier molecular flexibility index (Phi) is 4.59. The van der Waals surface area contributed by atoms with Gasteiger partial charge in [-0.1, -0.05) is 24.1 Å². The van der Waals surface area contributed by atoms with Crippen LogP contribution in [0, 0.1) is 13.8 Å². The molecule has 3 nitrogen and oxygen atoms in total. The highest BCUT2D eigenvalue weighted by atomic mass is 16.1. The molecule has 1 aliphatic rings. The average Bonchev–Trinajstić information content (AvgIpc) is 2.39. The molecule has 1 heterocycles. The first-order chi connectivity index (χ1) is 9.08. The molecule has 0 saturated carbocycles. The average molecular weight is 260 g/mol. The van der Waals surface area contributed by atoms with Crippen molar-refractivity contribution in [3.05, 3.63) is 34.9 Å². The van der Waals surface area contributed by atoms with Gasteiger partial charge in [-0.25, -0.2) is 0 Å². The third-order valence-corrected chi connectivity index (χ3v) is 3.94. The van der Waals surface area contributed by atoms with E-state index in [1.54, 1.807) is 0 Å². The number of hydrogen-bond acceptors (Lipinski definition) is 2. The zero-order valence-electron chi connectivity index (χ0n) is 12.1. The van der Waals surface area contributed by atoms with Crippen molar-refractivity contribution in [1.29, 1.82) is 0 Å². The van der Waals surface area contributed by atoms with Crippen LogP contribution in [0.25, 0.3) is 0 Å². The summed E-state index contributed by atoms with van der Waals surface area (Å²) in [4.78, 5) is 12.3. The van der Waals surface area contributed by atoms with Crippen LogP contribution in [0.15, 0.2) is 18.2 Å². The molecular weight excluding hydrogens is 236 g/mol. The third-order valence-electron chi connectivity index (χ3n) is 3.94. The van der Waals surface area contributed by atoms with Crippen molar-refractivity contribution in [2.75, 3.05) is 6.54 Å². The normalized spacial score (nSPS) is 20.9. The highest BCUT2D eigenvalue weighted by Crippen LogP contribution is 2.13. The number of carbonyl (C=O) groups is 1. The molecule has 19 heavy (non-hydrogen) atoms. The molecule has 0 spiro atoms. The van der Waals surface area contributed by atoms with Crippen LogP contribution in [0.3, 0.4) is 0 Å². The Morgan fingerprint density at radius 2 is 2.16 bits per heavy atom. The summed E-state index contributed by atoms with van der Waals surface area (Å²) in [6.07, 6.45) is 3.64. The molecule has 104 valence electrons. The van der Waals surface area contributed by atoms with Crippen molar-refractivity contribution in [2.45, 2.75) is 52.1 Å². The summed E-state index contributed by atoms with van der Waals surface area (Å²) >= 11 is 0. The highest BCUT2D eigenvalue weighted by Gasteiger charge is 2.21. The molecule has 2 unspecified atom stereocenters. The van der Waals surface area contributed by atoms with Crippen LogP contribution in [0.1, 0.15) is 47.7 Å². The topological polar surface area (TPSA) is 41.1 Å². The standard InChI is InChI=1S/C16H24N2O/c1-11-7-8-14(12(2)10-11)16(19)18-13(3)15-6-4-5-9-17-15/h7-8,10,13,15,17H,4-6,9H2,1-3H3,(H,18,19). The SMILES string of the molecule is Cc1ccc(C(=O)NC(C)C2CCCCN2)c(C)c1. The van der Waals surface area contributed by atoms with Crippen LogP contribution < -0.4 is 10.6 Å². The van der Waals surface area contributed by atoms with E-state index < -0.39 is 0 Å². The number of benzene rings is 1. The molecule has 0 bridgehead atoms. The minimum absolute atomic E-state index is 0.0392. The molecule has 1 amide bonds. The van der Waals surface area contributed by atoms with Crippen LogP contribution in [-0.4, -0.2) is 24.5 Å². The monoisotopic (exact) mass is 260 g/mol. The van der Waals surface area contributed by atoms with E-state index in [0.717, 1.165) is 24.1 Å². The maximum absolute atomic E-state index is 12.3. The number of amides is 1. The van der Waals surface area contributed by atoms with E-state index in [1.165, 1.54) is 18.4 Å². The zero-order valence-corrected chi connectivity index (χ0v) is 12.1. The van der Waals surface area contributed by atoms with E-state index in [2.05, 4.69) is 23.6 Å². The second kappa shape index (κ2) is 6.20. The number of nitrogens with one attached hydrogen (secondary N) is 2. The summed E-state index contributed by atoms with van der Waals surface area (Å²) in [5.41, 5.74) is 3.02. The molecule has 0 aliphatic carbocycles. The summed E-state index contributed by atoms with van der Waals surface area (Å²) in [5, 5.41) is 6.61. The molecule has 1 fully saturated rings. The molecule has 1 aliphatic heterocycles. The number of carbonyl (C=O) groups excluding carboxylic acids is 1. The molecule has 2 N–H and O–H groups in total. The van der Waals surface area contributed by atoms with E-state index in [9.17, 15) is 4.79 Å². The third kappa shape index (κ3) is 3.57. The van der Waals surface area contributed by atoms with E-state index in [4.69, 9.17) is 0 Å². The summed E-state index contributed by atoms with van der Waals surface area (Å²) in [6, 6.07) is 6.54. The fourth-order valence-electron chi connectivity index (χ4n) is 2.76. The molecule has 0 radical (unpaired) electrons. The Morgan fingerprint density at radius 1 is 1.37 bits per heavy atom. The van der Waals surface area contributed by atoms with Gasteiger partial charge in [-0.05, 0) is 51.8 Å². The van der Waals surface area contributed by atoms with Crippen molar-refractivity contribution < 1.29 is 4.79 Å². The van der Waals surface area contributed by atoms with Crippen LogP contribution >= 0.6 is 0 Å². The summed E-state index contributed by atoms with van der Waals surface area (Å²) < 4.78 is 0. The van der Waals surface area contributed by atoms with Gasteiger partial charge in [0.2, 0.25) is 0 Å². The largest absolute Gasteiger partial charge is 0.348 e. The van der Waals surface area contributed by atoms with Gasteiger partial charge >= 0.3 is 0 Å². The van der Waals surface area contributed by atoms with Gasteiger partial charge < -0.3 is 10.6 Å². The Hall–Kier alpha value is -1.35. The molecule has 1 saturated heterocycles. The van der Waals surface area contributed by atoms with Crippen LogP contribution in [-0.2, 0) is 0 Å². The maximum atomic E-state index is 12.3. The predicted octanol–water partition coefficient (Wildman–Crippen LogP) is 2.56. The minimum atomic E-state index is 0.0392. The van der Waals surface area contributed by atoms with Crippen molar-refractivity contribution in [1.82, 2.24) is 10.6 Å². The first kappa shape index (κ1) is 14.1. The molecule has 2 rings (SSSR count). The predicted molar refractivity (Wildman–Crippen MR) is 78.5 cm³/mol. The van der Waals surface area contributed by atoms with Gasteiger partial charge in [-0.15, -0.1) is 0 Å². The van der Waals surface area contributed by atoms with Crippen LogP contribution in [0.5, 0.6) is 0 Å². The lowest BCUT2D eigenvalue weighted by Crippen LogP contribution is -2.50. The quantitative estimate of drug-likeness (QED) is 0.877. The lowest BCUT2D eigenvalue weighted by atomic mass is 9.98. The van der Waals surface area contributed by atoms with Gasteiger partial charge in [-0.3, -0.25) is 4.79 Å². The van der Waals surface area contributed by atoms with Crippen molar-refractivity contribution in [2.24, 2.45) is 0 Å². The molecule has 3 heteroatoms. The van der Waals surface area contributed by atoms with Gasteiger partial charge in [-0.2, -0.15) is 0 Å². The molecule has 2 atom stereocenters. The number of hydrogen-bond donors (Lipinski definition) is 2. The second-order valence-corrected chi connectivity index (χ2v) is 5.64. The summed E-state index contributed by atoms with van der Waals surface area (Å²) in [6.45, 7) is 7.19. The Labute approximate surface area is 115 Å². The van der Waals surface area contributed by atoms with Gasteiger partial charge in [0.1, 0.15) is 0 Å². The van der Waals surface area contributed by atoms with E-state index >= 15 is 0 Å². The first-order valence-electron chi connectivity index (χ1n) is 7.19. The second-order valence-electron chi connectivity index (χ2n) is 5.64. The Morgan fingerprint density at radius 3 is 2.79 bits per heavy atom. The lowest BCUT2D eigenvalue weighted by molar-refractivity contribution is 0.0927. The van der Waals surface area contributed by atoms with Gasteiger partial charge in [0.05, 0.1) is 0 Å². The smallest absolute Gasteiger partial charge is 0.251 e. The van der Waals surface area contributed by atoms with Crippen molar-refractivity contribution in [3.8, 4) is 0 Å². The maximum Gasteiger partial charge on any atom is 0.251 e. The zero-order chi connectivity index (χ0) is 13.8. The number of piperidine rings is 1. The lowest BCUT2D eigenvalue weighted by Gasteiger charge is -2.29. The van der Waals surface area contributed by atoms with E-state index in [0.29, 0.717) is 6.04 Å². The van der Waals surface area contributed by atoms with Crippen LogP contribution in [0.2, 0.25) is 0 Å².